The Hall–Kier alpha value is -3.14. The number of rotatable bonds is 5. The molecule has 0 bridgehead atoms. The number of carbonyl (C=O) groups is 1. The Kier molecular flexibility index (Phi) is 5.32. The summed E-state index contributed by atoms with van der Waals surface area (Å²) in [5.41, 5.74) is 5.56. The summed E-state index contributed by atoms with van der Waals surface area (Å²) in [5.74, 6) is -0.158. The zero-order chi connectivity index (χ0) is 18.5. The number of pyridine rings is 1. The molecular weight excluding hydrogens is 322 g/mol. The maximum absolute atomic E-state index is 12.7. The highest BCUT2D eigenvalue weighted by atomic mass is 16.1. The lowest BCUT2D eigenvalue weighted by Crippen LogP contribution is -2.18. The second-order valence-corrected chi connectivity index (χ2v) is 6.28. The molecule has 1 heterocycles. The van der Waals surface area contributed by atoms with Crippen molar-refractivity contribution >= 4 is 23.0 Å². The Labute approximate surface area is 154 Å². The van der Waals surface area contributed by atoms with Crippen molar-refractivity contribution in [1.29, 1.82) is 0 Å². The predicted octanol–water partition coefficient (Wildman–Crippen LogP) is 5.11. The fourth-order valence-electron chi connectivity index (χ4n) is 2.92. The van der Waals surface area contributed by atoms with E-state index < -0.39 is 0 Å². The third kappa shape index (κ3) is 3.91. The van der Waals surface area contributed by atoms with Crippen LogP contribution < -0.4 is 10.2 Å². The highest BCUT2D eigenvalue weighted by Crippen LogP contribution is 2.26. The summed E-state index contributed by atoms with van der Waals surface area (Å²) in [6.07, 6.45) is 3.39. The van der Waals surface area contributed by atoms with Crippen molar-refractivity contribution in [2.24, 2.45) is 0 Å². The van der Waals surface area contributed by atoms with Crippen molar-refractivity contribution < 1.29 is 4.79 Å². The molecule has 1 N–H and O–H groups in total. The van der Waals surface area contributed by atoms with Crippen LogP contribution in [0.3, 0.4) is 0 Å². The molecule has 0 aliphatic rings. The molecule has 4 nitrogen and oxygen atoms in total. The average Bonchev–Trinajstić information content (AvgIpc) is 2.64. The van der Waals surface area contributed by atoms with Gasteiger partial charge in [0.1, 0.15) is 0 Å². The van der Waals surface area contributed by atoms with Crippen LogP contribution in [0.1, 0.15) is 28.4 Å². The van der Waals surface area contributed by atoms with Gasteiger partial charge >= 0.3 is 0 Å². The van der Waals surface area contributed by atoms with E-state index in [1.54, 1.807) is 12.4 Å². The van der Waals surface area contributed by atoms with Gasteiger partial charge in [-0.3, -0.25) is 9.78 Å². The molecule has 3 rings (SSSR count). The van der Waals surface area contributed by atoms with Crippen LogP contribution >= 0.6 is 0 Å². The first-order chi connectivity index (χ1) is 12.6. The first-order valence-corrected chi connectivity index (χ1v) is 8.74. The van der Waals surface area contributed by atoms with Gasteiger partial charge in [-0.05, 0) is 56.2 Å². The van der Waals surface area contributed by atoms with Crippen LogP contribution in [-0.2, 0) is 0 Å². The number of nitrogens with zero attached hydrogens (tertiary/aromatic N) is 2. The minimum atomic E-state index is -0.158. The molecule has 26 heavy (non-hydrogen) atoms. The first-order valence-electron chi connectivity index (χ1n) is 8.74. The van der Waals surface area contributed by atoms with Gasteiger partial charge in [0.2, 0.25) is 0 Å². The SMILES string of the molecule is CCN(c1cccc(C)c1)c1cncc(C(=O)Nc2ccccc2C)c1. The third-order valence-electron chi connectivity index (χ3n) is 4.32. The molecule has 0 radical (unpaired) electrons. The van der Waals surface area contributed by atoms with E-state index >= 15 is 0 Å². The molecule has 0 saturated carbocycles. The summed E-state index contributed by atoms with van der Waals surface area (Å²) in [6.45, 7) is 6.92. The van der Waals surface area contributed by atoms with E-state index in [0.717, 1.165) is 29.2 Å². The average molecular weight is 345 g/mol. The number of para-hydroxylation sites is 1. The predicted molar refractivity (Wildman–Crippen MR) is 107 cm³/mol. The van der Waals surface area contributed by atoms with Gasteiger partial charge in [0.05, 0.1) is 17.4 Å². The highest BCUT2D eigenvalue weighted by Gasteiger charge is 2.13. The van der Waals surface area contributed by atoms with Gasteiger partial charge in [-0.15, -0.1) is 0 Å². The van der Waals surface area contributed by atoms with E-state index in [2.05, 4.69) is 47.2 Å². The van der Waals surface area contributed by atoms with E-state index in [1.807, 2.05) is 43.3 Å². The summed E-state index contributed by atoms with van der Waals surface area (Å²) in [4.78, 5) is 19.1. The van der Waals surface area contributed by atoms with Crippen LogP contribution in [0.2, 0.25) is 0 Å². The normalized spacial score (nSPS) is 10.4. The standard InChI is InChI=1S/C22H23N3O/c1-4-25(19-10-7-8-16(2)12-19)20-13-18(14-23-15-20)22(26)24-21-11-6-5-9-17(21)3/h5-15H,4H2,1-3H3,(H,24,26). The molecule has 0 aliphatic carbocycles. The van der Waals surface area contributed by atoms with Crippen molar-refractivity contribution in [1.82, 2.24) is 4.98 Å². The van der Waals surface area contributed by atoms with Gasteiger partial charge < -0.3 is 10.2 Å². The molecule has 2 aromatic carbocycles. The number of carbonyl (C=O) groups excluding carboxylic acids is 1. The van der Waals surface area contributed by atoms with Gasteiger partial charge in [-0.2, -0.15) is 0 Å². The molecule has 0 atom stereocenters. The number of hydrogen-bond donors (Lipinski definition) is 1. The lowest BCUT2D eigenvalue weighted by molar-refractivity contribution is 0.102. The number of aromatic nitrogens is 1. The molecule has 1 aromatic heterocycles. The molecule has 0 fully saturated rings. The number of amides is 1. The fraction of sp³-hybridized carbons (Fsp3) is 0.182. The summed E-state index contributed by atoms with van der Waals surface area (Å²) >= 11 is 0. The molecule has 132 valence electrons. The first kappa shape index (κ1) is 17.7. The zero-order valence-corrected chi connectivity index (χ0v) is 15.4. The minimum Gasteiger partial charge on any atom is -0.340 e. The lowest BCUT2D eigenvalue weighted by atomic mass is 10.1. The molecule has 0 spiro atoms. The molecule has 3 aromatic rings. The van der Waals surface area contributed by atoms with E-state index in [1.165, 1.54) is 5.56 Å². The number of benzene rings is 2. The largest absolute Gasteiger partial charge is 0.340 e. The van der Waals surface area contributed by atoms with Crippen molar-refractivity contribution in [3.63, 3.8) is 0 Å². The Morgan fingerprint density at radius 2 is 1.81 bits per heavy atom. The van der Waals surface area contributed by atoms with E-state index in [4.69, 9.17) is 0 Å². The van der Waals surface area contributed by atoms with Gasteiger partial charge in [0.25, 0.3) is 5.91 Å². The number of anilines is 3. The summed E-state index contributed by atoms with van der Waals surface area (Å²) in [6, 6.07) is 17.9. The summed E-state index contributed by atoms with van der Waals surface area (Å²) in [5, 5.41) is 2.96. The minimum absolute atomic E-state index is 0.158. The number of hydrogen-bond acceptors (Lipinski definition) is 3. The Bertz CT molecular complexity index is 921. The topological polar surface area (TPSA) is 45.2 Å². The molecular formula is C22H23N3O. The highest BCUT2D eigenvalue weighted by molar-refractivity contribution is 6.05. The van der Waals surface area contributed by atoms with Crippen LogP contribution in [0.15, 0.2) is 67.0 Å². The fourth-order valence-corrected chi connectivity index (χ4v) is 2.92. The molecule has 0 unspecified atom stereocenters. The quantitative estimate of drug-likeness (QED) is 0.699. The Balaban J connectivity index is 1.87. The van der Waals surface area contributed by atoms with Gasteiger partial charge in [-0.1, -0.05) is 30.3 Å². The summed E-state index contributed by atoms with van der Waals surface area (Å²) in [7, 11) is 0. The van der Waals surface area contributed by atoms with Crippen LogP contribution in [0.25, 0.3) is 0 Å². The second-order valence-electron chi connectivity index (χ2n) is 6.28. The van der Waals surface area contributed by atoms with Crippen molar-refractivity contribution in [3.8, 4) is 0 Å². The second kappa shape index (κ2) is 7.83. The third-order valence-corrected chi connectivity index (χ3v) is 4.32. The maximum Gasteiger partial charge on any atom is 0.257 e. The van der Waals surface area contributed by atoms with E-state index in [-0.39, 0.29) is 5.91 Å². The summed E-state index contributed by atoms with van der Waals surface area (Å²) < 4.78 is 0. The van der Waals surface area contributed by atoms with Crippen LogP contribution in [0, 0.1) is 13.8 Å². The maximum atomic E-state index is 12.7. The van der Waals surface area contributed by atoms with Gasteiger partial charge in [-0.25, -0.2) is 0 Å². The van der Waals surface area contributed by atoms with E-state index in [9.17, 15) is 4.79 Å². The smallest absolute Gasteiger partial charge is 0.257 e. The van der Waals surface area contributed by atoms with Crippen LogP contribution in [-0.4, -0.2) is 17.4 Å². The van der Waals surface area contributed by atoms with Crippen LogP contribution in [0.5, 0.6) is 0 Å². The molecule has 0 saturated heterocycles. The zero-order valence-electron chi connectivity index (χ0n) is 15.4. The number of nitrogens with one attached hydrogen (secondary N) is 1. The monoisotopic (exact) mass is 345 g/mol. The molecule has 1 amide bonds. The van der Waals surface area contributed by atoms with E-state index in [0.29, 0.717) is 5.56 Å². The lowest BCUT2D eigenvalue weighted by Gasteiger charge is -2.23. The molecule has 4 heteroatoms. The molecule has 0 aliphatic heterocycles. The van der Waals surface area contributed by atoms with Gasteiger partial charge in [0.15, 0.2) is 0 Å². The van der Waals surface area contributed by atoms with Crippen LogP contribution in [0.4, 0.5) is 17.1 Å². The van der Waals surface area contributed by atoms with Gasteiger partial charge in [0, 0.05) is 24.1 Å². The van der Waals surface area contributed by atoms with Crippen molar-refractivity contribution in [2.45, 2.75) is 20.8 Å². The van der Waals surface area contributed by atoms with Crippen molar-refractivity contribution in [2.75, 3.05) is 16.8 Å². The Morgan fingerprint density at radius 1 is 1.00 bits per heavy atom. The van der Waals surface area contributed by atoms with Crippen molar-refractivity contribution in [3.05, 3.63) is 83.7 Å². The number of aryl methyl sites for hydroxylation is 2. The Morgan fingerprint density at radius 3 is 2.54 bits per heavy atom.